The molecule has 0 amide bonds. The molecule has 1 aromatic carbocycles. The van der Waals surface area contributed by atoms with Crippen LogP contribution in [0.25, 0.3) is 10.9 Å². The Morgan fingerprint density at radius 2 is 2.29 bits per heavy atom. The molecule has 0 saturated carbocycles. The molecule has 0 spiro atoms. The van der Waals surface area contributed by atoms with Gasteiger partial charge in [0.15, 0.2) is 0 Å². The fourth-order valence-corrected chi connectivity index (χ4v) is 1.64. The van der Waals surface area contributed by atoms with Crippen molar-refractivity contribution >= 4 is 22.3 Å². The van der Waals surface area contributed by atoms with E-state index in [4.69, 9.17) is 0 Å². The average molecular weight is 229 g/mol. The van der Waals surface area contributed by atoms with E-state index in [1.165, 1.54) is 6.07 Å². The minimum atomic E-state index is -0.424. The molecule has 0 aliphatic heterocycles. The van der Waals surface area contributed by atoms with Gasteiger partial charge in [0.05, 0.1) is 4.92 Å². The Morgan fingerprint density at radius 3 is 3.00 bits per heavy atom. The van der Waals surface area contributed by atoms with Crippen LogP contribution in [0, 0.1) is 10.1 Å². The molecule has 17 heavy (non-hydrogen) atoms. The zero-order valence-electron chi connectivity index (χ0n) is 9.09. The van der Waals surface area contributed by atoms with Crippen molar-refractivity contribution in [1.82, 2.24) is 4.98 Å². The van der Waals surface area contributed by atoms with Gasteiger partial charge in [-0.15, -0.1) is 6.58 Å². The fourth-order valence-electron chi connectivity index (χ4n) is 1.64. The molecule has 0 atom stereocenters. The number of nitrogens with one attached hydrogen (secondary N) is 1. The normalized spacial score (nSPS) is 10.1. The molecule has 0 aliphatic rings. The van der Waals surface area contributed by atoms with Crippen LogP contribution < -0.4 is 5.32 Å². The van der Waals surface area contributed by atoms with E-state index in [1.54, 1.807) is 30.5 Å². The highest BCUT2D eigenvalue weighted by Crippen LogP contribution is 2.29. The molecule has 0 aliphatic carbocycles. The van der Waals surface area contributed by atoms with Crippen LogP contribution in [0.15, 0.2) is 43.1 Å². The van der Waals surface area contributed by atoms with Gasteiger partial charge in [0.25, 0.3) is 5.69 Å². The number of rotatable bonds is 4. The first-order chi connectivity index (χ1) is 8.24. The maximum atomic E-state index is 10.9. The summed E-state index contributed by atoms with van der Waals surface area (Å²) in [6, 6.07) is 6.71. The molecule has 2 rings (SSSR count). The lowest BCUT2D eigenvalue weighted by Gasteiger charge is -2.07. The number of fused-ring (bicyclic) bond motifs is 1. The Balaban J connectivity index is 2.61. The number of anilines is 1. The summed E-state index contributed by atoms with van der Waals surface area (Å²) in [6.45, 7) is 4.21. The molecule has 5 nitrogen and oxygen atoms in total. The molecule has 1 N–H and O–H groups in total. The third-order valence-corrected chi connectivity index (χ3v) is 2.38. The van der Waals surface area contributed by atoms with E-state index in [2.05, 4.69) is 16.9 Å². The Bertz CT molecular complexity index is 581. The molecule has 0 bridgehead atoms. The van der Waals surface area contributed by atoms with Gasteiger partial charge in [0.1, 0.15) is 5.52 Å². The van der Waals surface area contributed by atoms with E-state index < -0.39 is 4.92 Å². The van der Waals surface area contributed by atoms with Crippen LogP contribution in [0.1, 0.15) is 0 Å². The van der Waals surface area contributed by atoms with Crippen LogP contribution in [0.5, 0.6) is 0 Å². The quantitative estimate of drug-likeness (QED) is 0.497. The maximum absolute atomic E-state index is 10.9. The van der Waals surface area contributed by atoms with E-state index in [0.717, 1.165) is 11.1 Å². The highest BCUT2D eigenvalue weighted by molar-refractivity contribution is 5.96. The summed E-state index contributed by atoms with van der Waals surface area (Å²) in [7, 11) is 0. The van der Waals surface area contributed by atoms with Gasteiger partial charge in [-0.3, -0.25) is 10.1 Å². The Morgan fingerprint density at radius 1 is 1.47 bits per heavy atom. The van der Waals surface area contributed by atoms with Crippen LogP contribution in [0.3, 0.4) is 0 Å². The zero-order valence-corrected chi connectivity index (χ0v) is 9.09. The molecular formula is C12H11N3O2. The van der Waals surface area contributed by atoms with Crippen molar-refractivity contribution in [2.45, 2.75) is 0 Å². The lowest BCUT2D eigenvalue weighted by Crippen LogP contribution is -2.00. The first-order valence-corrected chi connectivity index (χ1v) is 5.11. The monoisotopic (exact) mass is 229 g/mol. The van der Waals surface area contributed by atoms with Crippen molar-refractivity contribution in [3.63, 3.8) is 0 Å². The lowest BCUT2D eigenvalue weighted by molar-refractivity contribution is -0.383. The number of nitro benzene ring substituents is 1. The van der Waals surface area contributed by atoms with Gasteiger partial charge in [-0.1, -0.05) is 6.08 Å². The van der Waals surface area contributed by atoms with Gasteiger partial charge < -0.3 is 5.32 Å². The number of nitro groups is 1. The topological polar surface area (TPSA) is 68.1 Å². The van der Waals surface area contributed by atoms with E-state index in [9.17, 15) is 10.1 Å². The van der Waals surface area contributed by atoms with Gasteiger partial charge in [-0.2, -0.15) is 0 Å². The second-order valence-corrected chi connectivity index (χ2v) is 3.46. The minimum Gasteiger partial charge on any atom is -0.381 e. The molecule has 0 fully saturated rings. The van der Waals surface area contributed by atoms with Gasteiger partial charge in [0, 0.05) is 29.9 Å². The molecule has 0 radical (unpaired) electrons. The second-order valence-electron chi connectivity index (χ2n) is 3.46. The molecule has 86 valence electrons. The summed E-state index contributed by atoms with van der Waals surface area (Å²) in [5.74, 6) is 0. The number of nitrogens with zero attached hydrogens (tertiary/aromatic N) is 2. The van der Waals surface area contributed by atoms with Crippen LogP contribution in [-0.2, 0) is 0 Å². The number of non-ortho nitro benzene ring substituents is 1. The Kier molecular flexibility index (Phi) is 3.00. The number of pyridine rings is 1. The first-order valence-electron chi connectivity index (χ1n) is 5.11. The van der Waals surface area contributed by atoms with Crippen molar-refractivity contribution in [1.29, 1.82) is 0 Å². The second kappa shape index (κ2) is 4.61. The third kappa shape index (κ3) is 2.08. The first kappa shape index (κ1) is 11.1. The van der Waals surface area contributed by atoms with E-state index in [-0.39, 0.29) is 5.69 Å². The maximum Gasteiger partial charge on any atom is 0.295 e. The van der Waals surface area contributed by atoms with Crippen molar-refractivity contribution in [2.75, 3.05) is 11.9 Å². The predicted octanol–water partition coefficient (Wildman–Crippen LogP) is 2.74. The number of benzene rings is 1. The van der Waals surface area contributed by atoms with Crippen molar-refractivity contribution < 1.29 is 4.92 Å². The summed E-state index contributed by atoms with van der Waals surface area (Å²) in [5.41, 5.74) is 1.23. The molecule has 5 heteroatoms. The summed E-state index contributed by atoms with van der Waals surface area (Å²) in [6.07, 6.45) is 3.27. The number of hydrogen-bond donors (Lipinski definition) is 1. The molecule has 0 unspecified atom stereocenters. The Hall–Kier alpha value is -2.43. The molecule has 2 aromatic rings. The lowest BCUT2D eigenvalue weighted by atomic mass is 10.1. The predicted molar refractivity (Wildman–Crippen MR) is 67.1 cm³/mol. The summed E-state index contributed by atoms with van der Waals surface area (Å²) in [5, 5.41) is 14.7. The minimum absolute atomic E-state index is 0.0183. The summed E-state index contributed by atoms with van der Waals surface area (Å²) < 4.78 is 0. The van der Waals surface area contributed by atoms with Crippen molar-refractivity contribution in [3.8, 4) is 0 Å². The van der Waals surface area contributed by atoms with Gasteiger partial charge in [-0.25, -0.2) is 4.98 Å². The van der Waals surface area contributed by atoms with Crippen LogP contribution in [0.2, 0.25) is 0 Å². The average Bonchev–Trinajstić information content (AvgIpc) is 2.35. The van der Waals surface area contributed by atoms with Gasteiger partial charge in [0.2, 0.25) is 0 Å². The van der Waals surface area contributed by atoms with E-state index >= 15 is 0 Å². The number of aromatic nitrogens is 1. The fraction of sp³-hybridized carbons (Fsp3) is 0.0833. The molecule has 1 heterocycles. The van der Waals surface area contributed by atoms with Crippen LogP contribution in [0.4, 0.5) is 11.4 Å². The van der Waals surface area contributed by atoms with Crippen molar-refractivity contribution in [3.05, 3.63) is 53.2 Å². The molecule has 0 saturated heterocycles. The van der Waals surface area contributed by atoms with E-state index in [1.807, 2.05) is 0 Å². The summed E-state index contributed by atoms with van der Waals surface area (Å²) >= 11 is 0. The SMILES string of the molecule is C=CCNc1ccc([N+](=O)[O-])c2ncccc12. The third-order valence-electron chi connectivity index (χ3n) is 2.38. The highest BCUT2D eigenvalue weighted by atomic mass is 16.6. The Labute approximate surface area is 97.9 Å². The zero-order chi connectivity index (χ0) is 12.3. The standard InChI is InChI=1S/C12H11N3O2/c1-2-7-13-10-5-6-11(15(16)17)12-9(10)4-3-8-14-12/h2-6,8,13H,1,7H2. The summed E-state index contributed by atoms with van der Waals surface area (Å²) in [4.78, 5) is 14.5. The smallest absolute Gasteiger partial charge is 0.295 e. The van der Waals surface area contributed by atoms with Crippen LogP contribution >= 0.6 is 0 Å². The van der Waals surface area contributed by atoms with Crippen molar-refractivity contribution in [2.24, 2.45) is 0 Å². The van der Waals surface area contributed by atoms with E-state index in [0.29, 0.717) is 12.1 Å². The van der Waals surface area contributed by atoms with Crippen LogP contribution in [-0.4, -0.2) is 16.5 Å². The molecule has 1 aromatic heterocycles. The number of hydrogen-bond acceptors (Lipinski definition) is 4. The largest absolute Gasteiger partial charge is 0.381 e. The highest BCUT2D eigenvalue weighted by Gasteiger charge is 2.14. The molecular weight excluding hydrogens is 218 g/mol. The van der Waals surface area contributed by atoms with Gasteiger partial charge in [-0.05, 0) is 18.2 Å². The van der Waals surface area contributed by atoms with Gasteiger partial charge >= 0.3 is 0 Å².